The third kappa shape index (κ3) is 2.95. The molecule has 0 spiro atoms. The summed E-state index contributed by atoms with van der Waals surface area (Å²) in [6.07, 6.45) is 7.02. The maximum absolute atomic E-state index is 2.42. The van der Waals surface area contributed by atoms with E-state index in [0.29, 0.717) is 5.92 Å². The highest BCUT2D eigenvalue weighted by atomic mass is 15.3. The Hall–Kier alpha value is -1.96. The number of anilines is 1. The van der Waals surface area contributed by atoms with Gasteiger partial charge in [-0.05, 0) is 31.9 Å². The van der Waals surface area contributed by atoms with Crippen LogP contribution in [0, 0.1) is 32.7 Å². The van der Waals surface area contributed by atoms with Crippen LogP contribution in [0.4, 0.5) is 5.69 Å². The molecule has 1 aromatic carbocycles. The van der Waals surface area contributed by atoms with E-state index in [0.717, 1.165) is 13.1 Å². The lowest BCUT2D eigenvalue weighted by Gasteiger charge is -2.30. The van der Waals surface area contributed by atoms with Gasteiger partial charge in [0.25, 0.3) is 0 Å². The van der Waals surface area contributed by atoms with Crippen molar-refractivity contribution >= 4 is 12.0 Å². The third-order valence-electron chi connectivity index (χ3n) is 4.84. The van der Waals surface area contributed by atoms with Crippen molar-refractivity contribution in [1.29, 1.82) is 0 Å². The lowest BCUT2D eigenvalue weighted by Crippen LogP contribution is -2.23. The Balaban J connectivity index is 1.93. The molecule has 0 fully saturated rings. The zero-order chi connectivity index (χ0) is 16.7. The SMILES string of the molecule is CC1=CC(C)C=C(C)[C-]1[N+]1=CN(c2c(C)cc(C)cc2C)CC1. The minimum Gasteiger partial charge on any atom is -0.310 e. The van der Waals surface area contributed by atoms with Gasteiger partial charge in [0, 0.05) is 6.04 Å². The van der Waals surface area contributed by atoms with E-state index in [2.05, 4.69) is 81.6 Å². The summed E-state index contributed by atoms with van der Waals surface area (Å²) in [5, 5.41) is 0. The first-order valence-electron chi connectivity index (χ1n) is 8.57. The molecule has 1 aromatic rings. The van der Waals surface area contributed by atoms with Crippen LogP contribution in [-0.4, -0.2) is 24.0 Å². The van der Waals surface area contributed by atoms with E-state index in [9.17, 15) is 0 Å². The molecule has 1 heterocycles. The Morgan fingerprint density at radius 3 is 2.13 bits per heavy atom. The van der Waals surface area contributed by atoms with Crippen LogP contribution in [0.5, 0.6) is 0 Å². The van der Waals surface area contributed by atoms with Crippen molar-refractivity contribution in [2.24, 2.45) is 5.92 Å². The molecule has 0 unspecified atom stereocenters. The van der Waals surface area contributed by atoms with Gasteiger partial charge < -0.3 is 4.58 Å². The Morgan fingerprint density at radius 2 is 1.57 bits per heavy atom. The Morgan fingerprint density at radius 1 is 1.00 bits per heavy atom. The third-order valence-corrected chi connectivity index (χ3v) is 4.84. The largest absolute Gasteiger partial charge is 0.310 e. The van der Waals surface area contributed by atoms with Gasteiger partial charge in [0.1, 0.15) is 18.8 Å². The van der Waals surface area contributed by atoms with Crippen molar-refractivity contribution in [2.45, 2.75) is 41.5 Å². The summed E-state index contributed by atoms with van der Waals surface area (Å²) in [5.74, 6) is 0.541. The molecule has 2 nitrogen and oxygen atoms in total. The first kappa shape index (κ1) is 15.9. The van der Waals surface area contributed by atoms with Crippen LogP contribution in [-0.2, 0) is 0 Å². The van der Waals surface area contributed by atoms with Gasteiger partial charge in [-0.15, -0.1) is 12.2 Å². The first-order valence-corrected chi connectivity index (χ1v) is 8.57. The van der Waals surface area contributed by atoms with Crippen molar-refractivity contribution in [3.8, 4) is 0 Å². The molecule has 3 rings (SSSR count). The van der Waals surface area contributed by atoms with Crippen LogP contribution < -0.4 is 4.90 Å². The first-order chi connectivity index (χ1) is 10.9. The van der Waals surface area contributed by atoms with Gasteiger partial charge in [-0.2, -0.15) is 0 Å². The van der Waals surface area contributed by atoms with Gasteiger partial charge in [0.15, 0.2) is 6.34 Å². The van der Waals surface area contributed by atoms with Gasteiger partial charge in [0.05, 0.1) is 0 Å². The molecule has 0 bridgehead atoms. The van der Waals surface area contributed by atoms with E-state index in [1.807, 2.05) is 0 Å². The fourth-order valence-corrected chi connectivity index (χ4v) is 4.22. The molecule has 2 heteroatoms. The highest BCUT2D eigenvalue weighted by Crippen LogP contribution is 2.33. The van der Waals surface area contributed by atoms with E-state index < -0.39 is 0 Å². The van der Waals surface area contributed by atoms with Crippen LogP contribution in [0.25, 0.3) is 0 Å². The molecule has 1 aliphatic carbocycles. The maximum Gasteiger partial charge on any atom is 0.174 e. The standard InChI is InChI=1S/C21H28N2/c1-14-9-16(3)20(17(4)10-14)22-7-8-23(13-22)21-18(5)11-15(2)12-19(21)6/h9-14H,7-8H2,1-6H3. The molecule has 0 saturated carbocycles. The molecule has 2 aliphatic rings. The van der Waals surface area contributed by atoms with Crippen LogP contribution in [0.2, 0.25) is 0 Å². The lowest BCUT2D eigenvalue weighted by atomic mass is 9.89. The highest BCUT2D eigenvalue weighted by molar-refractivity contribution is 5.81. The number of benzene rings is 1. The number of hydrogen-bond donors (Lipinski definition) is 0. The molecule has 23 heavy (non-hydrogen) atoms. The van der Waals surface area contributed by atoms with E-state index >= 15 is 0 Å². The van der Waals surface area contributed by atoms with Crippen molar-refractivity contribution in [3.63, 3.8) is 0 Å². The molecule has 122 valence electrons. The van der Waals surface area contributed by atoms with E-state index in [-0.39, 0.29) is 0 Å². The summed E-state index contributed by atoms with van der Waals surface area (Å²) < 4.78 is 2.42. The molecule has 0 aromatic heterocycles. The molecule has 0 radical (unpaired) electrons. The van der Waals surface area contributed by atoms with E-state index in [4.69, 9.17) is 0 Å². The van der Waals surface area contributed by atoms with Crippen molar-refractivity contribution in [3.05, 3.63) is 58.2 Å². The second kappa shape index (κ2) is 5.92. The molecule has 0 amide bonds. The van der Waals surface area contributed by atoms with Gasteiger partial charge >= 0.3 is 0 Å². The van der Waals surface area contributed by atoms with Gasteiger partial charge in [-0.1, -0.05) is 55.5 Å². The molecular formula is C21H28N2. The quantitative estimate of drug-likeness (QED) is 0.574. The van der Waals surface area contributed by atoms with Crippen LogP contribution in [0.3, 0.4) is 0 Å². The zero-order valence-corrected chi connectivity index (χ0v) is 15.3. The molecule has 0 N–H and O–H groups in total. The van der Waals surface area contributed by atoms with Crippen molar-refractivity contribution in [2.75, 3.05) is 18.0 Å². The van der Waals surface area contributed by atoms with E-state index in [1.54, 1.807) is 0 Å². The summed E-state index contributed by atoms with van der Waals surface area (Å²) in [7, 11) is 0. The van der Waals surface area contributed by atoms with Gasteiger partial charge in [-0.3, -0.25) is 4.90 Å². The van der Waals surface area contributed by atoms with Crippen LogP contribution in [0.1, 0.15) is 37.5 Å². The maximum atomic E-state index is 2.42. The Kier molecular flexibility index (Phi) is 4.09. The zero-order valence-electron chi connectivity index (χ0n) is 15.3. The van der Waals surface area contributed by atoms with Crippen LogP contribution in [0.15, 0.2) is 35.4 Å². The minimum absolute atomic E-state index is 0.541. The summed E-state index contributed by atoms with van der Waals surface area (Å²) in [6.45, 7) is 15.4. The summed E-state index contributed by atoms with van der Waals surface area (Å²) in [4.78, 5) is 2.41. The number of rotatable bonds is 2. The number of allylic oxidation sites excluding steroid dienone is 2. The monoisotopic (exact) mass is 308 g/mol. The minimum atomic E-state index is 0.541. The molecule has 0 atom stereocenters. The van der Waals surface area contributed by atoms with Gasteiger partial charge in [0.2, 0.25) is 0 Å². The Bertz CT molecular complexity index is 678. The van der Waals surface area contributed by atoms with Crippen LogP contribution >= 0.6 is 0 Å². The number of hydrogen-bond acceptors (Lipinski definition) is 1. The normalized spacial score (nSPS) is 19.0. The van der Waals surface area contributed by atoms with Crippen molar-refractivity contribution in [1.82, 2.24) is 0 Å². The fraction of sp³-hybridized carbons (Fsp3) is 0.429. The van der Waals surface area contributed by atoms with Gasteiger partial charge in [-0.25, -0.2) is 0 Å². The average Bonchev–Trinajstić information content (AvgIpc) is 2.85. The second-order valence-electron chi connectivity index (χ2n) is 7.16. The second-order valence-corrected chi connectivity index (χ2v) is 7.16. The summed E-state index contributed by atoms with van der Waals surface area (Å²) in [6, 6.07) is 5.95. The number of aryl methyl sites for hydroxylation is 3. The number of nitrogens with zero attached hydrogens (tertiary/aromatic N) is 2. The fourth-order valence-electron chi connectivity index (χ4n) is 4.22. The molecule has 0 saturated heterocycles. The smallest absolute Gasteiger partial charge is 0.174 e. The van der Waals surface area contributed by atoms with E-state index in [1.165, 1.54) is 39.6 Å². The lowest BCUT2D eigenvalue weighted by molar-refractivity contribution is -0.488. The predicted molar refractivity (Wildman–Crippen MR) is 99.1 cm³/mol. The summed E-state index contributed by atoms with van der Waals surface area (Å²) in [5.41, 5.74) is 8.23. The average molecular weight is 308 g/mol. The Labute approximate surface area is 140 Å². The molecule has 1 aliphatic heterocycles. The van der Waals surface area contributed by atoms with Crippen molar-refractivity contribution < 1.29 is 4.58 Å². The predicted octanol–water partition coefficient (Wildman–Crippen LogP) is 4.55. The highest BCUT2D eigenvalue weighted by Gasteiger charge is 2.27. The summed E-state index contributed by atoms with van der Waals surface area (Å²) >= 11 is 0. The topological polar surface area (TPSA) is 6.25 Å². The molecular weight excluding hydrogens is 280 g/mol.